The molecule has 0 bridgehead atoms. The van der Waals surface area contributed by atoms with Gasteiger partial charge in [-0.15, -0.1) is 0 Å². The van der Waals surface area contributed by atoms with Gasteiger partial charge in [0.2, 0.25) is 5.91 Å². The molecule has 130 valence electrons. The lowest BCUT2D eigenvalue weighted by Gasteiger charge is -2.27. The highest BCUT2D eigenvalue weighted by Gasteiger charge is 2.24. The molecule has 3 rings (SSSR count). The summed E-state index contributed by atoms with van der Waals surface area (Å²) in [4.78, 5) is 25.5. The summed E-state index contributed by atoms with van der Waals surface area (Å²) in [6, 6.07) is 10.6. The Morgan fingerprint density at radius 2 is 2.04 bits per heavy atom. The predicted octanol–water partition coefficient (Wildman–Crippen LogP) is 3.92. The highest BCUT2D eigenvalue weighted by Crippen LogP contribution is 2.38. The van der Waals surface area contributed by atoms with E-state index in [0.717, 1.165) is 5.56 Å². The van der Waals surface area contributed by atoms with E-state index in [1.54, 1.807) is 37.4 Å². The van der Waals surface area contributed by atoms with Gasteiger partial charge in [0.05, 0.1) is 21.4 Å². The number of ether oxygens (including phenoxy) is 1. The average Bonchev–Trinajstić information content (AvgIpc) is 2.59. The van der Waals surface area contributed by atoms with Crippen LogP contribution in [0.4, 0.5) is 11.4 Å². The molecule has 7 heteroatoms. The third-order valence-corrected chi connectivity index (χ3v) is 4.71. The van der Waals surface area contributed by atoms with Crippen molar-refractivity contribution in [2.45, 2.75) is 12.8 Å². The lowest BCUT2D eigenvalue weighted by molar-refractivity contribution is -0.121. The van der Waals surface area contributed by atoms with Gasteiger partial charge in [0.1, 0.15) is 0 Å². The van der Waals surface area contributed by atoms with Gasteiger partial charge in [0, 0.05) is 13.5 Å². The van der Waals surface area contributed by atoms with E-state index in [0.29, 0.717) is 33.6 Å². The fourth-order valence-electron chi connectivity index (χ4n) is 2.57. The fourth-order valence-corrected chi connectivity index (χ4v) is 2.89. The van der Waals surface area contributed by atoms with Crippen LogP contribution in [0.15, 0.2) is 36.4 Å². The van der Waals surface area contributed by atoms with Crippen LogP contribution < -0.4 is 15.0 Å². The number of para-hydroxylation sites is 1. The Kier molecular flexibility index (Phi) is 5.16. The third kappa shape index (κ3) is 3.89. The van der Waals surface area contributed by atoms with Crippen molar-refractivity contribution >= 4 is 46.4 Å². The number of aryl methyl sites for hydroxylation is 1. The number of hydrogen-bond donors (Lipinski definition) is 1. The number of carbonyl (C=O) groups is 2. The van der Waals surface area contributed by atoms with Crippen molar-refractivity contribution in [2.75, 3.05) is 23.9 Å². The lowest BCUT2D eigenvalue weighted by atomic mass is 10.1. The molecule has 0 fully saturated rings. The summed E-state index contributed by atoms with van der Waals surface area (Å²) in [5.74, 6) is 0.228. The first kappa shape index (κ1) is 17.6. The monoisotopic (exact) mass is 378 g/mol. The standard InChI is InChI=1S/C18H16Cl2N2O3/c1-22-15-4-2-3-14(18(15)25-10-17(22)24)21-16(23)8-6-11-5-7-12(19)13(20)9-11/h2-5,7,9H,6,8,10H2,1H3,(H,21,23). The Bertz CT molecular complexity index is 839. The smallest absolute Gasteiger partial charge is 0.264 e. The first-order valence-electron chi connectivity index (χ1n) is 7.72. The summed E-state index contributed by atoms with van der Waals surface area (Å²) < 4.78 is 5.49. The molecule has 0 aliphatic carbocycles. The Hall–Kier alpha value is -2.24. The van der Waals surface area contributed by atoms with Gasteiger partial charge in [-0.3, -0.25) is 9.59 Å². The van der Waals surface area contributed by atoms with Crippen molar-refractivity contribution in [3.63, 3.8) is 0 Å². The summed E-state index contributed by atoms with van der Waals surface area (Å²) in [6.07, 6.45) is 0.827. The van der Waals surface area contributed by atoms with Gasteiger partial charge >= 0.3 is 0 Å². The van der Waals surface area contributed by atoms with Crippen LogP contribution in [0.3, 0.4) is 0 Å². The normalized spacial score (nSPS) is 13.2. The minimum absolute atomic E-state index is 0.0420. The van der Waals surface area contributed by atoms with Gasteiger partial charge in [0.25, 0.3) is 5.91 Å². The minimum Gasteiger partial charge on any atom is -0.479 e. The van der Waals surface area contributed by atoms with Gasteiger partial charge in [0.15, 0.2) is 12.4 Å². The molecule has 1 N–H and O–H groups in total. The molecule has 2 aromatic carbocycles. The highest BCUT2D eigenvalue weighted by molar-refractivity contribution is 6.42. The van der Waals surface area contributed by atoms with Crippen molar-refractivity contribution in [1.29, 1.82) is 0 Å². The summed E-state index contributed by atoms with van der Waals surface area (Å²) >= 11 is 11.9. The Morgan fingerprint density at radius 1 is 1.24 bits per heavy atom. The Balaban J connectivity index is 1.67. The molecule has 0 saturated carbocycles. The van der Waals surface area contributed by atoms with Gasteiger partial charge in [-0.25, -0.2) is 0 Å². The van der Waals surface area contributed by atoms with Crippen LogP contribution in [0.25, 0.3) is 0 Å². The zero-order valence-electron chi connectivity index (χ0n) is 13.5. The van der Waals surface area contributed by atoms with Crippen LogP contribution in [-0.2, 0) is 16.0 Å². The number of nitrogens with zero attached hydrogens (tertiary/aromatic N) is 1. The van der Waals surface area contributed by atoms with Crippen LogP contribution in [0.2, 0.25) is 10.0 Å². The maximum Gasteiger partial charge on any atom is 0.264 e. The summed E-state index contributed by atoms with van der Waals surface area (Å²) in [5.41, 5.74) is 2.12. The summed E-state index contributed by atoms with van der Waals surface area (Å²) in [6.45, 7) is -0.0420. The maximum absolute atomic E-state index is 12.3. The molecule has 25 heavy (non-hydrogen) atoms. The van der Waals surface area contributed by atoms with Crippen LogP contribution in [0.1, 0.15) is 12.0 Å². The van der Waals surface area contributed by atoms with Crippen molar-refractivity contribution < 1.29 is 14.3 Å². The SMILES string of the molecule is CN1C(=O)COc2c(NC(=O)CCc3ccc(Cl)c(Cl)c3)cccc21. The van der Waals surface area contributed by atoms with E-state index in [4.69, 9.17) is 27.9 Å². The number of benzene rings is 2. The van der Waals surface area contributed by atoms with E-state index in [1.807, 2.05) is 6.07 Å². The second-order valence-corrected chi connectivity index (χ2v) is 6.51. The molecule has 1 aliphatic rings. The highest BCUT2D eigenvalue weighted by atomic mass is 35.5. The van der Waals surface area contributed by atoms with Crippen LogP contribution in [0.5, 0.6) is 5.75 Å². The Morgan fingerprint density at radius 3 is 2.80 bits per heavy atom. The fraction of sp³-hybridized carbons (Fsp3) is 0.222. The quantitative estimate of drug-likeness (QED) is 0.876. The maximum atomic E-state index is 12.3. The van der Waals surface area contributed by atoms with Gasteiger partial charge < -0.3 is 15.0 Å². The molecule has 2 amide bonds. The number of halogens is 2. The number of fused-ring (bicyclic) bond motifs is 1. The molecule has 0 aromatic heterocycles. The van der Waals surface area contributed by atoms with E-state index in [-0.39, 0.29) is 24.8 Å². The first-order valence-corrected chi connectivity index (χ1v) is 8.47. The number of likely N-dealkylation sites (N-methyl/N-ethyl adjacent to an activating group) is 1. The molecule has 0 unspecified atom stereocenters. The van der Waals surface area contributed by atoms with Crippen LogP contribution >= 0.6 is 23.2 Å². The summed E-state index contributed by atoms with van der Waals surface area (Å²) in [7, 11) is 1.68. The number of rotatable bonds is 4. The molecule has 0 atom stereocenters. The lowest BCUT2D eigenvalue weighted by Crippen LogP contribution is -2.35. The number of hydrogen-bond acceptors (Lipinski definition) is 3. The molecule has 5 nitrogen and oxygen atoms in total. The summed E-state index contributed by atoms with van der Waals surface area (Å²) in [5, 5.41) is 3.80. The number of anilines is 2. The van der Waals surface area contributed by atoms with Crippen LogP contribution in [-0.4, -0.2) is 25.5 Å². The molecule has 1 heterocycles. The van der Waals surface area contributed by atoms with Crippen molar-refractivity contribution in [1.82, 2.24) is 0 Å². The van der Waals surface area contributed by atoms with Gasteiger partial charge in [-0.2, -0.15) is 0 Å². The van der Waals surface area contributed by atoms with Crippen molar-refractivity contribution in [3.05, 3.63) is 52.0 Å². The molecule has 0 spiro atoms. The average molecular weight is 379 g/mol. The zero-order valence-corrected chi connectivity index (χ0v) is 15.0. The number of amides is 2. The van der Waals surface area contributed by atoms with Gasteiger partial charge in [-0.05, 0) is 36.2 Å². The van der Waals surface area contributed by atoms with Crippen molar-refractivity contribution in [2.24, 2.45) is 0 Å². The second-order valence-electron chi connectivity index (χ2n) is 5.69. The molecule has 1 aliphatic heterocycles. The van der Waals surface area contributed by atoms with E-state index in [9.17, 15) is 9.59 Å². The van der Waals surface area contributed by atoms with E-state index >= 15 is 0 Å². The molecule has 0 radical (unpaired) electrons. The van der Waals surface area contributed by atoms with E-state index in [2.05, 4.69) is 5.32 Å². The first-order chi connectivity index (χ1) is 12.0. The molecular weight excluding hydrogens is 363 g/mol. The Labute approximate surface area is 155 Å². The molecular formula is C18H16Cl2N2O3. The molecule has 0 saturated heterocycles. The van der Waals surface area contributed by atoms with E-state index < -0.39 is 0 Å². The largest absolute Gasteiger partial charge is 0.479 e. The van der Waals surface area contributed by atoms with Gasteiger partial charge in [-0.1, -0.05) is 35.3 Å². The molecule has 2 aromatic rings. The van der Waals surface area contributed by atoms with E-state index in [1.165, 1.54) is 4.90 Å². The number of nitrogens with one attached hydrogen (secondary N) is 1. The van der Waals surface area contributed by atoms with Crippen LogP contribution in [0, 0.1) is 0 Å². The van der Waals surface area contributed by atoms with Crippen molar-refractivity contribution in [3.8, 4) is 5.75 Å². The topological polar surface area (TPSA) is 58.6 Å². The zero-order chi connectivity index (χ0) is 18.0. The third-order valence-electron chi connectivity index (χ3n) is 3.97. The number of carbonyl (C=O) groups excluding carboxylic acids is 2. The second kappa shape index (κ2) is 7.33. The minimum atomic E-state index is -0.150. The predicted molar refractivity (Wildman–Crippen MR) is 98.8 cm³/mol.